The molecular weight excluding hydrogens is 358 g/mol. The highest BCUT2D eigenvalue weighted by atomic mass is 32.1. The summed E-state index contributed by atoms with van der Waals surface area (Å²) in [6, 6.07) is 11.7. The van der Waals surface area contributed by atoms with E-state index < -0.39 is 0 Å². The van der Waals surface area contributed by atoms with Gasteiger partial charge in [-0.25, -0.2) is 14.6 Å². The Hall–Kier alpha value is -3.06. The fraction of sp³-hybridized carbons (Fsp3) is 0.200. The van der Waals surface area contributed by atoms with Crippen molar-refractivity contribution in [2.24, 2.45) is 0 Å². The van der Waals surface area contributed by atoms with Gasteiger partial charge in [0.1, 0.15) is 0 Å². The lowest BCUT2D eigenvalue weighted by Gasteiger charge is -2.05. The largest absolute Gasteiger partial charge is 0.346 e. The number of hydrogen-bond acceptors (Lipinski definition) is 5. The maximum atomic E-state index is 12.5. The lowest BCUT2D eigenvalue weighted by atomic mass is 10.2. The molecule has 6 nitrogen and oxygen atoms in total. The lowest BCUT2D eigenvalue weighted by Crippen LogP contribution is -2.23. The van der Waals surface area contributed by atoms with Crippen LogP contribution in [0.5, 0.6) is 0 Å². The summed E-state index contributed by atoms with van der Waals surface area (Å²) in [5.41, 5.74) is 3.91. The molecule has 1 N–H and O–H groups in total. The maximum Gasteiger partial charge on any atom is 0.253 e. The number of benzene rings is 1. The molecule has 136 valence electrons. The molecule has 0 radical (unpaired) electrons. The van der Waals surface area contributed by atoms with Crippen molar-refractivity contribution in [3.63, 3.8) is 0 Å². The summed E-state index contributed by atoms with van der Waals surface area (Å²) in [6.45, 7) is 4.41. The van der Waals surface area contributed by atoms with Gasteiger partial charge in [-0.15, -0.1) is 11.3 Å². The van der Waals surface area contributed by atoms with E-state index in [-0.39, 0.29) is 5.91 Å². The van der Waals surface area contributed by atoms with E-state index in [1.165, 1.54) is 0 Å². The second kappa shape index (κ2) is 7.28. The summed E-state index contributed by atoms with van der Waals surface area (Å²) in [5, 5.41) is 11.4. The van der Waals surface area contributed by atoms with Gasteiger partial charge < -0.3 is 5.32 Å². The minimum absolute atomic E-state index is 0.165. The number of carbonyl (C=O) groups excluding carboxylic acids is 1. The number of nitrogens with zero attached hydrogens (tertiary/aromatic N) is 4. The number of amides is 1. The number of hydrogen-bond donors (Lipinski definition) is 1. The molecule has 7 heteroatoms. The number of nitrogens with one attached hydrogen (secondary N) is 1. The molecule has 0 saturated heterocycles. The monoisotopic (exact) mass is 377 g/mol. The average molecular weight is 377 g/mol. The standard InChI is InChI=1S/C20H19N5OS/c1-3-18-23-15(12-27-18)11-22-20(26)14-9-17-13(2)24-25(19(17)21-10-14)16-7-5-4-6-8-16/h4-10,12H,3,11H2,1-2H3,(H,22,26). The Balaban J connectivity index is 1.58. The summed E-state index contributed by atoms with van der Waals surface area (Å²) in [6.07, 6.45) is 2.50. The minimum Gasteiger partial charge on any atom is -0.346 e. The van der Waals surface area contributed by atoms with Crippen LogP contribution in [-0.4, -0.2) is 25.7 Å². The van der Waals surface area contributed by atoms with E-state index in [1.54, 1.807) is 22.2 Å². The predicted octanol–water partition coefficient (Wildman–Crippen LogP) is 3.68. The molecule has 0 saturated carbocycles. The summed E-state index contributed by atoms with van der Waals surface area (Å²) in [7, 11) is 0. The van der Waals surface area contributed by atoms with Crippen molar-refractivity contribution in [2.45, 2.75) is 26.8 Å². The van der Waals surface area contributed by atoms with E-state index in [4.69, 9.17) is 0 Å². The fourth-order valence-corrected chi connectivity index (χ4v) is 3.63. The Bertz CT molecular complexity index is 1100. The van der Waals surface area contributed by atoms with Gasteiger partial charge in [0.25, 0.3) is 5.91 Å². The van der Waals surface area contributed by atoms with E-state index in [1.807, 2.05) is 48.7 Å². The molecule has 4 rings (SSSR count). The summed E-state index contributed by atoms with van der Waals surface area (Å²) < 4.78 is 1.80. The highest BCUT2D eigenvalue weighted by Crippen LogP contribution is 2.21. The smallest absolute Gasteiger partial charge is 0.253 e. The van der Waals surface area contributed by atoms with Crippen molar-refractivity contribution in [1.82, 2.24) is 25.1 Å². The van der Waals surface area contributed by atoms with Crippen molar-refractivity contribution in [1.29, 1.82) is 0 Å². The first-order chi connectivity index (χ1) is 13.2. The van der Waals surface area contributed by atoms with Crippen molar-refractivity contribution < 1.29 is 4.79 Å². The zero-order valence-corrected chi connectivity index (χ0v) is 16.0. The van der Waals surface area contributed by atoms with Crippen LogP contribution in [0.25, 0.3) is 16.7 Å². The Morgan fingerprint density at radius 1 is 1.26 bits per heavy atom. The number of para-hydroxylation sites is 1. The van der Waals surface area contributed by atoms with Crippen LogP contribution < -0.4 is 5.32 Å². The first-order valence-corrected chi connectivity index (χ1v) is 9.66. The molecule has 0 aliphatic heterocycles. The van der Waals surface area contributed by atoms with Gasteiger partial charge in [-0.05, 0) is 31.5 Å². The molecule has 0 aliphatic carbocycles. The Labute approximate surface area is 160 Å². The predicted molar refractivity (Wildman–Crippen MR) is 106 cm³/mol. The Kier molecular flexibility index (Phi) is 4.68. The third kappa shape index (κ3) is 3.46. The molecule has 3 aromatic heterocycles. The molecule has 0 fully saturated rings. The molecule has 0 bridgehead atoms. The molecule has 0 aliphatic rings. The van der Waals surface area contributed by atoms with Gasteiger partial charge in [-0.3, -0.25) is 4.79 Å². The van der Waals surface area contributed by atoms with Gasteiger partial charge in [-0.2, -0.15) is 5.10 Å². The average Bonchev–Trinajstić information content (AvgIpc) is 3.31. The van der Waals surface area contributed by atoms with Crippen LogP contribution in [0.4, 0.5) is 0 Å². The van der Waals surface area contributed by atoms with Crippen LogP contribution in [0.3, 0.4) is 0 Å². The number of aromatic nitrogens is 4. The van der Waals surface area contributed by atoms with Crippen LogP contribution in [0.15, 0.2) is 48.0 Å². The topological polar surface area (TPSA) is 72.7 Å². The zero-order valence-electron chi connectivity index (χ0n) is 15.1. The number of carbonyl (C=O) groups is 1. The number of rotatable bonds is 5. The Morgan fingerprint density at radius 2 is 2.07 bits per heavy atom. The summed E-state index contributed by atoms with van der Waals surface area (Å²) in [5.74, 6) is -0.165. The van der Waals surface area contributed by atoms with Crippen molar-refractivity contribution in [3.05, 3.63) is 69.9 Å². The summed E-state index contributed by atoms with van der Waals surface area (Å²) in [4.78, 5) is 21.5. The minimum atomic E-state index is -0.165. The first-order valence-electron chi connectivity index (χ1n) is 8.78. The van der Waals surface area contributed by atoms with Gasteiger partial charge in [0.05, 0.1) is 34.2 Å². The van der Waals surface area contributed by atoms with Crippen molar-refractivity contribution >= 4 is 28.3 Å². The molecule has 0 atom stereocenters. The Morgan fingerprint density at radius 3 is 2.81 bits per heavy atom. The van der Waals surface area contributed by atoms with Crippen LogP contribution in [0.1, 0.15) is 33.7 Å². The quantitative estimate of drug-likeness (QED) is 0.576. The normalized spacial score (nSPS) is 11.0. The highest BCUT2D eigenvalue weighted by molar-refractivity contribution is 7.09. The lowest BCUT2D eigenvalue weighted by molar-refractivity contribution is 0.0950. The highest BCUT2D eigenvalue weighted by Gasteiger charge is 2.14. The second-order valence-corrected chi connectivity index (χ2v) is 7.14. The van der Waals surface area contributed by atoms with Gasteiger partial charge in [0.2, 0.25) is 0 Å². The molecule has 27 heavy (non-hydrogen) atoms. The van der Waals surface area contributed by atoms with Gasteiger partial charge in [0, 0.05) is 17.0 Å². The van der Waals surface area contributed by atoms with E-state index >= 15 is 0 Å². The van der Waals surface area contributed by atoms with E-state index in [2.05, 4.69) is 27.3 Å². The number of aryl methyl sites for hydroxylation is 2. The molecule has 0 unspecified atom stereocenters. The molecule has 1 amide bonds. The molecular formula is C20H19N5OS. The van der Waals surface area contributed by atoms with Crippen molar-refractivity contribution in [2.75, 3.05) is 0 Å². The van der Waals surface area contributed by atoms with Crippen LogP contribution in [0, 0.1) is 6.92 Å². The van der Waals surface area contributed by atoms with Crippen LogP contribution >= 0.6 is 11.3 Å². The molecule has 4 aromatic rings. The zero-order chi connectivity index (χ0) is 18.8. The second-order valence-electron chi connectivity index (χ2n) is 6.20. The van der Waals surface area contributed by atoms with E-state index in [9.17, 15) is 4.79 Å². The third-order valence-electron chi connectivity index (χ3n) is 4.30. The maximum absolute atomic E-state index is 12.5. The van der Waals surface area contributed by atoms with Gasteiger partial charge in [-0.1, -0.05) is 25.1 Å². The molecule has 0 spiro atoms. The number of thiazole rings is 1. The SMILES string of the molecule is CCc1nc(CNC(=O)c2cnc3c(c2)c(C)nn3-c2ccccc2)cs1. The number of pyridine rings is 1. The molecule has 1 aromatic carbocycles. The van der Waals surface area contributed by atoms with Gasteiger partial charge in [0.15, 0.2) is 5.65 Å². The van der Waals surface area contributed by atoms with Crippen molar-refractivity contribution in [3.8, 4) is 5.69 Å². The van der Waals surface area contributed by atoms with E-state index in [0.717, 1.165) is 39.5 Å². The third-order valence-corrected chi connectivity index (χ3v) is 5.34. The molecule has 3 heterocycles. The fourth-order valence-electron chi connectivity index (χ4n) is 2.88. The first kappa shape index (κ1) is 17.4. The van der Waals surface area contributed by atoms with Crippen LogP contribution in [-0.2, 0) is 13.0 Å². The van der Waals surface area contributed by atoms with Crippen LogP contribution in [0.2, 0.25) is 0 Å². The number of fused-ring (bicyclic) bond motifs is 1. The van der Waals surface area contributed by atoms with Gasteiger partial charge >= 0.3 is 0 Å². The summed E-state index contributed by atoms with van der Waals surface area (Å²) >= 11 is 1.62. The van der Waals surface area contributed by atoms with E-state index in [0.29, 0.717) is 12.1 Å².